The molecule has 0 N–H and O–H groups in total. The number of halogens is 1. The van der Waals surface area contributed by atoms with Crippen LogP contribution in [0.4, 0.5) is 5.69 Å². The fourth-order valence-corrected chi connectivity index (χ4v) is 6.73. The Morgan fingerprint density at radius 1 is 1.10 bits per heavy atom. The van der Waals surface area contributed by atoms with Gasteiger partial charge in [0.15, 0.2) is 0 Å². The van der Waals surface area contributed by atoms with Crippen molar-refractivity contribution >= 4 is 39.1 Å². The van der Waals surface area contributed by atoms with Crippen LogP contribution in [0.1, 0.15) is 46.0 Å². The van der Waals surface area contributed by atoms with Crippen molar-refractivity contribution in [1.29, 1.82) is 0 Å². The lowest BCUT2D eigenvalue weighted by Gasteiger charge is -2.34. The van der Waals surface area contributed by atoms with Crippen molar-refractivity contribution in [3.8, 4) is 0 Å². The summed E-state index contributed by atoms with van der Waals surface area (Å²) in [7, 11) is -3.76. The number of hydrogen-bond acceptors (Lipinski definition) is 5. The monoisotopic (exact) mass is 440 g/mol. The Labute approximate surface area is 176 Å². The maximum atomic E-state index is 13.1. The fourth-order valence-electron chi connectivity index (χ4n) is 4.79. The number of imide groups is 1. The van der Waals surface area contributed by atoms with E-state index in [0.717, 1.165) is 17.7 Å². The van der Waals surface area contributed by atoms with Gasteiger partial charge in [0.1, 0.15) is 0 Å². The SMILES string of the molecule is C[C@H]1CN(S(=O)(=O)c2ccc(N3C(=O)CC4(CCCC4)C3=O)c(Cl)c2)C[C@H](C)O1. The molecule has 2 atom stereocenters. The average molecular weight is 441 g/mol. The van der Waals surface area contributed by atoms with Crippen LogP contribution in [0.3, 0.4) is 0 Å². The molecule has 1 aliphatic carbocycles. The molecule has 9 heteroatoms. The van der Waals surface area contributed by atoms with Crippen LogP contribution in [0.2, 0.25) is 5.02 Å². The Hall–Kier alpha value is -1.48. The molecule has 3 fully saturated rings. The quantitative estimate of drug-likeness (QED) is 0.674. The number of rotatable bonds is 3. The lowest BCUT2D eigenvalue weighted by molar-refractivity contribution is -0.125. The van der Waals surface area contributed by atoms with Crippen LogP contribution in [-0.2, 0) is 24.3 Å². The first kappa shape index (κ1) is 20.8. The topological polar surface area (TPSA) is 84.0 Å². The minimum absolute atomic E-state index is 0.0437. The number of benzene rings is 1. The van der Waals surface area contributed by atoms with Gasteiger partial charge in [-0.25, -0.2) is 13.3 Å². The van der Waals surface area contributed by atoms with Gasteiger partial charge in [-0.1, -0.05) is 24.4 Å². The summed E-state index contributed by atoms with van der Waals surface area (Å²) in [4.78, 5) is 26.8. The van der Waals surface area contributed by atoms with Gasteiger partial charge in [0, 0.05) is 19.5 Å². The number of ether oxygens (including phenoxy) is 1. The van der Waals surface area contributed by atoms with Gasteiger partial charge in [0.05, 0.1) is 33.2 Å². The molecule has 0 radical (unpaired) electrons. The summed E-state index contributed by atoms with van der Waals surface area (Å²) < 4.78 is 33.1. The molecule has 0 unspecified atom stereocenters. The molecule has 0 aromatic heterocycles. The van der Waals surface area contributed by atoms with E-state index in [0.29, 0.717) is 12.8 Å². The summed E-state index contributed by atoms with van der Waals surface area (Å²) in [5.41, 5.74) is -0.348. The number of sulfonamides is 1. The van der Waals surface area contributed by atoms with E-state index in [9.17, 15) is 18.0 Å². The van der Waals surface area contributed by atoms with Crippen molar-refractivity contribution in [2.24, 2.45) is 5.41 Å². The molecule has 1 aromatic carbocycles. The van der Waals surface area contributed by atoms with E-state index in [4.69, 9.17) is 16.3 Å². The highest BCUT2D eigenvalue weighted by Gasteiger charge is 2.53. The van der Waals surface area contributed by atoms with Gasteiger partial charge in [-0.15, -0.1) is 0 Å². The molecule has 1 aromatic rings. The molecule has 0 bridgehead atoms. The highest BCUT2D eigenvalue weighted by molar-refractivity contribution is 7.89. The number of anilines is 1. The summed E-state index contributed by atoms with van der Waals surface area (Å²) in [6, 6.07) is 4.21. The average Bonchev–Trinajstić information content (AvgIpc) is 3.20. The molecule has 2 heterocycles. The molecule has 7 nitrogen and oxygen atoms in total. The molecule has 2 saturated heterocycles. The van der Waals surface area contributed by atoms with Gasteiger partial charge in [-0.3, -0.25) is 9.59 Å². The number of carbonyl (C=O) groups is 2. The zero-order valence-electron chi connectivity index (χ0n) is 16.6. The van der Waals surface area contributed by atoms with Gasteiger partial charge < -0.3 is 4.74 Å². The van der Waals surface area contributed by atoms with Crippen molar-refractivity contribution in [1.82, 2.24) is 4.31 Å². The van der Waals surface area contributed by atoms with Gasteiger partial charge >= 0.3 is 0 Å². The first-order chi connectivity index (χ1) is 13.6. The number of amides is 2. The Bertz CT molecular complexity index is 948. The van der Waals surface area contributed by atoms with Crippen LogP contribution >= 0.6 is 11.6 Å². The van der Waals surface area contributed by atoms with Crippen LogP contribution in [0.5, 0.6) is 0 Å². The Morgan fingerprint density at radius 3 is 2.31 bits per heavy atom. The molecule has 1 saturated carbocycles. The maximum Gasteiger partial charge on any atom is 0.243 e. The van der Waals surface area contributed by atoms with Gasteiger partial charge in [0.2, 0.25) is 21.8 Å². The highest BCUT2D eigenvalue weighted by atomic mass is 35.5. The van der Waals surface area contributed by atoms with Gasteiger partial charge in [-0.2, -0.15) is 4.31 Å². The summed E-state index contributed by atoms with van der Waals surface area (Å²) in [5.74, 6) is -0.487. The van der Waals surface area contributed by atoms with E-state index < -0.39 is 15.4 Å². The minimum atomic E-state index is -3.76. The fraction of sp³-hybridized carbons (Fsp3) is 0.600. The molecule has 4 rings (SSSR count). The smallest absolute Gasteiger partial charge is 0.243 e. The predicted octanol–water partition coefficient (Wildman–Crippen LogP) is 2.96. The van der Waals surface area contributed by atoms with Crippen molar-refractivity contribution < 1.29 is 22.7 Å². The van der Waals surface area contributed by atoms with Gasteiger partial charge in [0.25, 0.3) is 0 Å². The Balaban J connectivity index is 1.63. The number of nitrogens with zero attached hydrogens (tertiary/aromatic N) is 2. The number of hydrogen-bond donors (Lipinski definition) is 0. The highest BCUT2D eigenvalue weighted by Crippen LogP contribution is 2.49. The van der Waals surface area contributed by atoms with Crippen LogP contribution in [0.15, 0.2) is 23.1 Å². The minimum Gasteiger partial charge on any atom is -0.373 e. The predicted molar refractivity (Wildman–Crippen MR) is 108 cm³/mol. The molecule has 29 heavy (non-hydrogen) atoms. The van der Waals surface area contributed by atoms with Crippen molar-refractivity contribution in [3.05, 3.63) is 23.2 Å². The summed E-state index contributed by atoms with van der Waals surface area (Å²) in [5, 5.41) is 0.0807. The molecular formula is C20H25ClN2O5S. The van der Waals surface area contributed by atoms with E-state index in [-0.39, 0.29) is 59.1 Å². The van der Waals surface area contributed by atoms with Crippen LogP contribution in [0.25, 0.3) is 0 Å². The normalized spacial score (nSPS) is 27.9. The molecule has 3 aliphatic rings. The van der Waals surface area contributed by atoms with E-state index in [2.05, 4.69) is 0 Å². The van der Waals surface area contributed by atoms with E-state index in [1.807, 2.05) is 13.8 Å². The molecule has 1 spiro atoms. The summed E-state index contributed by atoms with van der Waals surface area (Å²) in [6.45, 7) is 4.19. The van der Waals surface area contributed by atoms with E-state index >= 15 is 0 Å². The third kappa shape index (κ3) is 3.50. The van der Waals surface area contributed by atoms with Crippen molar-refractivity contribution in [3.63, 3.8) is 0 Å². The molecule has 158 valence electrons. The second-order valence-electron chi connectivity index (χ2n) is 8.39. The molecule has 2 aliphatic heterocycles. The van der Waals surface area contributed by atoms with Crippen LogP contribution < -0.4 is 4.90 Å². The summed E-state index contributed by atoms with van der Waals surface area (Å²) in [6.07, 6.45) is 3.10. The molecule has 2 amide bonds. The second-order valence-corrected chi connectivity index (χ2v) is 10.7. The van der Waals surface area contributed by atoms with E-state index in [1.54, 1.807) is 0 Å². The van der Waals surface area contributed by atoms with Gasteiger partial charge in [-0.05, 0) is 44.9 Å². The maximum absolute atomic E-state index is 13.1. The van der Waals surface area contributed by atoms with Crippen molar-refractivity contribution in [2.75, 3.05) is 18.0 Å². The standard InChI is InChI=1S/C20H25ClN2O5S/c1-13-11-22(12-14(2)28-13)29(26,27)15-5-6-17(16(21)9-15)23-18(24)10-20(19(23)25)7-3-4-8-20/h5-6,9,13-14H,3-4,7-8,10-12H2,1-2H3/t13-,14-/m0/s1. The van der Waals surface area contributed by atoms with E-state index in [1.165, 1.54) is 22.5 Å². The third-order valence-electron chi connectivity index (χ3n) is 6.14. The van der Waals surface area contributed by atoms with Crippen LogP contribution in [-0.4, -0.2) is 49.8 Å². The Morgan fingerprint density at radius 2 is 1.72 bits per heavy atom. The molecular weight excluding hydrogens is 416 g/mol. The number of carbonyl (C=O) groups excluding carboxylic acids is 2. The van der Waals surface area contributed by atoms with Crippen molar-refractivity contribution in [2.45, 2.75) is 63.1 Å². The third-order valence-corrected chi connectivity index (χ3v) is 8.27. The Kier molecular flexibility index (Phi) is 5.26. The zero-order chi connectivity index (χ0) is 21.0. The lowest BCUT2D eigenvalue weighted by atomic mass is 9.84. The first-order valence-electron chi connectivity index (χ1n) is 9.97. The summed E-state index contributed by atoms with van der Waals surface area (Å²) >= 11 is 6.38. The largest absolute Gasteiger partial charge is 0.373 e. The number of morpholine rings is 1. The van der Waals surface area contributed by atoms with Crippen LogP contribution in [0, 0.1) is 5.41 Å². The lowest BCUT2D eigenvalue weighted by Crippen LogP contribution is -2.48. The second kappa shape index (κ2) is 7.34. The first-order valence-corrected chi connectivity index (χ1v) is 11.8. The zero-order valence-corrected chi connectivity index (χ0v) is 18.1.